The van der Waals surface area contributed by atoms with E-state index in [1.807, 2.05) is 62.4 Å². The Bertz CT molecular complexity index is 827. The largest absolute Gasteiger partial charge is 0.339 e. The van der Waals surface area contributed by atoms with Crippen LogP contribution in [0.4, 0.5) is 5.69 Å². The van der Waals surface area contributed by atoms with Gasteiger partial charge in [-0.2, -0.15) is 0 Å². The summed E-state index contributed by atoms with van der Waals surface area (Å²) in [5, 5.41) is 2.90. The number of nitrogens with one attached hydrogen (secondary N) is 1. The van der Waals surface area contributed by atoms with Crippen molar-refractivity contribution in [3.8, 4) is 0 Å². The van der Waals surface area contributed by atoms with Gasteiger partial charge < -0.3 is 10.2 Å². The van der Waals surface area contributed by atoms with Crippen molar-refractivity contribution in [1.82, 2.24) is 4.90 Å². The van der Waals surface area contributed by atoms with E-state index < -0.39 is 0 Å². The zero-order chi connectivity index (χ0) is 17.8. The van der Waals surface area contributed by atoms with E-state index in [9.17, 15) is 9.59 Å². The van der Waals surface area contributed by atoms with Crippen molar-refractivity contribution >= 4 is 35.3 Å². The van der Waals surface area contributed by atoms with Gasteiger partial charge in [0.2, 0.25) is 0 Å². The number of hydrogen-bond acceptors (Lipinski definition) is 3. The molecule has 128 valence electrons. The van der Waals surface area contributed by atoms with Gasteiger partial charge in [0.05, 0.1) is 10.6 Å². The second-order valence-electron chi connectivity index (χ2n) is 5.66. The summed E-state index contributed by atoms with van der Waals surface area (Å²) in [6, 6.07) is 15.2. The molecular formula is C20H20N2O2S. The maximum Gasteiger partial charge on any atom is 0.262 e. The van der Waals surface area contributed by atoms with Crippen molar-refractivity contribution in [2.75, 3.05) is 18.4 Å². The summed E-state index contributed by atoms with van der Waals surface area (Å²) < 4.78 is 0. The van der Waals surface area contributed by atoms with Gasteiger partial charge >= 0.3 is 0 Å². The zero-order valence-electron chi connectivity index (χ0n) is 14.3. The molecule has 4 nitrogen and oxygen atoms in total. The third kappa shape index (κ3) is 3.77. The summed E-state index contributed by atoms with van der Waals surface area (Å²) in [5.41, 5.74) is 2.27. The first-order valence-electron chi connectivity index (χ1n) is 8.31. The van der Waals surface area contributed by atoms with Crippen LogP contribution in [0, 0.1) is 0 Å². The Balaban J connectivity index is 1.87. The fourth-order valence-corrected chi connectivity index (χ4v) is 3.62. The number of amides is 2. The number of nitrogens with zero attached hydrogens (tertiary/aromatic N) is 1. The summed E-state index contributed by atoms with van der Waals surface area (Å²) in [4.78, 5) is 28.2. The lowest BCUT2D eigenvalue weighted by Gasteiger charge is -2.22. The Morgan fingerprint density at radius 1 is 1.12 bits per heavy atom. The Morgan fingerprint density at radius 3 is 2.52 bits per heavy atom. The summed E-state index contributed by atoms with van der Waals surface area (Å²) in [6.07, 6.45) is 1.87. The highest BCUT2D eigenvalue weighted by Gasteiger charge is 2.23. The van der Waals surface area contributed by atoms with Gasteiger partial charge in [0, 0.05) is 23.5 Å². The lowest BCUT2D eigenvalue weighted by atomic mass is 10.1. The molecule has 0 fully saturated rings. The molecule has 0 aliphatic carbocycles. The van der Waals surface area contributed by atoms with Gasteiger partial charge in [-0.1, -0.05) is 42.1 Å². The van der Waals surface area contributed by atoms with Crippen LogP contribution in [0.3, 0.4) is 0 Å². The molecule has 0 spiro atoms. The molecule has 1 aliphatic rings. The van der Waals surface area contributed by atoms with Gasteiger partial charge in [0.25, 0.3) is 11.8 Å². The van der Waals surface area contributed by atoms with E-state index in [-0.39, 0.29) is 11.8 Å². The van der Waals surface area contributed by atoms with Gasteiger partial charge in [-0.25, -0.2) is 0 Å². The predicted octanol–water partition coefficient (Wildman–Crippen LogP) is 4.25. The van der Waals surface area contributed by atoms with Crippen LogP contribution in [-0.2, 0) is 4.79 Å². The maximum absolute atomic E-state index is 12.5. The number of fused-ring (bicyclic) bond motifs is 1. The highest BCUT2D eigenvalue weighted by molar-refractivity contribution is 8.04. The van der Waals surface area contributed by atoms with Gasteiger partial charge in [-0.05, 0) is 43.7 Å². The third-order valence-electron chi connectivity index (χ3n) is 4.07. The van der Waals surface area contributed by atoms with Crippen LogP contribution in [0.15, 0.2) is 58.3 Å². The Hall–Kier alpha value is -2.53. The molecular weight excluding hydrogens is 332 g/mol. The van der Waals surface area contributed by atoms with Crippen molar-refractivity contribution in [3.63, 3.8) is 0 Å². The molecule has 0 atom stereocenters. The first kappa shape index (κ1) is 17.3. The average molecular weight is 352 g/mol. The van der Waals surface area contributed by atoms with Crippen molar-refractivity contribution < 1.29 is 9.59 Å². The summed E-state index contributed by atoms with van der Waals surface area (Å²) in [5.74, 6) is -0.161. The van der Waals surface area contributed by atoms with Gasteiger partial charge in [0.1, 0.15) is 0 Å². The lowest BCUT2D eigenvalue weighted by Crippen LogP contribution is -2.30. The number of thioether (sulfide) groups is 1. The highest BCUT2D eigenvalue weighted by atomic mass is 32.2. The Labute approximate surface area is 151 Å². The van der Waals surface area contributed by atoms with E-state index in [2.05, 4.69) is 5.32 Å². The molecule has 1 N–H and O–H groups in total. The van der Waals surface area contributed by atoms with E-state index in [1.54, 1.807) is 11.0 Å². The zero-order valence-corrected chi connectivity index (χ0v) is 15.1. The summed E-state index contributed by atoms with van der Waals surface area (Å²) in [6.45, 7) is 5.24. The van der Waals surface area contributed by atoms with Crippen LogP contribution < -0.4 is 5.32 Å². The molecule has 1 aliphatic heterocycles. The summed E-state index contributed by atoms with van der Waals surface area (Å²) >= 11 is 1.42. The topological polar surface area (TPSA) is 49.4 Å². The van der Waals surface area contributed by atoms with Crippen LogP contribution in [0.2, 0.25) is 0 Å². The van der Waals surface area contributed by atoms with Gasteiger partial charge in [-0.3, -0.25) is 9.59 Å². The van der Waals surface area contributed by atoms with Crippen LogP contribution in [0.5, 0.6) is 0 Å². The second kappa shape index (κ2) is 7.57. The van der Waals surface area contributed by atoms with E-state index in [4.69, 9.17) is 0 Å². The smallest absolute Gasteiger partial charge is 0.262 e. The second-order valence-corrected chi connectivity index (χ2v) is 6.75. The van der Waals surface area contributed by atoms with E-state index in [1.165, 1.54) is 11.8 Å². The van der Waals surface area contributed by atoms with Crippen molar-refractivity contribution in [3.05, 3.63) is 64.6 Å². The SMILES string of the molecule is CCN(CC)C(=O)c1ccc2c(c1)NC(=O)/C(=C/c1ccccc1)S2. The molecule has 3 rings (SSSR count). The summed E-state index contributed by atoms with van der Waals surface area (Å²) in [7, 11) is 0. The van der Waals surface area contributed by atoms with Crippen LogP contribution >= 0.6 is 11.8 Å². The molecule has 0 saturated carbocycles. The standard InChI is InChI=1S/C20H20N2O2S/c1-3-22(4-2)20(24)15-10-11-17-16(13-15)21-19(23)18(25-17)12-14-8-6-5-7-9-14/h5-13H,3-4H2,1-2H3,(H,21,23)/b18-12-. The number of carbonyl (C=O) groups is 2. The number of carbonyl (C=O) groups excluding carboxylic acids is 2. The number of rotatable bonds is 4. The average Bonchev–Trinajstić information content (AvgIpc) is 2.63. The number of benzene rings is 2. The molecule has 0 unspecified atom stereocenters. The van der Waals surface area contributed by atoms with Gasteiger partial charge in [-0.15, -0.1) is 0 Å². The third-order valence-corrected chi connectivity index (χ3v) is 5.17. The first-order chi connectivity index (χ1) is 12.1. The maximum atomic E-state index is 12.5. The fraction of sp³-hybridized carbons (Fsp3) is 0.200. The minimum atomic E-state index is -0.145. The Kier molecular flexibility index (Phi) is 5.24. The molecule has 2 aromatic carbocycles. The van der Waals surface area contributed by atoms with Crippen LogP contribution in [0.25, 0.3) is 6.08 Å². The number of anilines is 1. The monoisotopic (exact) mass is 352 g/mol. The molecule has 0 saturated heterocycles. The normalized spacial score (nSPS) is 14.8. The lowest BCUT2D eigenvalue weighted by molar-refractivity contribution is -0.112. The molecule has 0 aromatic heterocycles. The minimum Gasteiger partial charge on any atom is -0.339 e. The van der Waals surface area contributed by atoms with Crippen LogP contribution in [-0.4, -0.2) is 29.8 Å². The molecule has 0 bridgehead atoms. The predicted molar refractivity (Wildman–Crippen MR) is 103 cm³/mol. The van der Waals surface area contributed by atoms with Crippen molar-refractivity contribution in [2.24, 2.45) is 0 Å². The molecule has 25 heavy (non-hydrogen) atoms. The fourth-order valence-electron chi connectivity index (χ4n) is 2.69. The van der Waals surface area contributed by atoms with E-state index in [0.717, 1.165) is 10.5 Å². The molecule has 0 radical (unpaired) electrons. The molecule has 5 heteroatoms. The first-order valence-corrected chi connectivity index (χ1v) is 9.13. The quantitative estimate of drug-likeness (QED) is 0.837. The van der Waals surface area contributed by atoms with Crippen LogP contribution in [0.1, 0.15) is 29.8 Å². The molecule has 1 heterocycles. The number of hydrogen-bond donors (Lipinski definition) is 1. The van der Waals surface area contributed by atoms with Crippen molar-refractivity contribution in [2.45, 2.75) is 18.7 Å². The minimum absolute atomic E-state index is 0.0160. The Morgan fingerprint density at radius 2 is 1.84 bits per heavy atom. The molecule has 2 amide bonds. The van der Waals surface area contributed by atoms with Crippen molar-refractivity contribution in [1.29, 1.82) is 0 Å². The molecule has 2 aromatic rings. The van der Waals surface area contributed by atoms with E-state index in [0.29, 0.717) is 29.2 Å². The van der Waals surface area contributed by atoms with Gasteiger partial charge in [0.15, 0.2) is 0 Å². The van der Waals surface area contributed by atoms with E-state index >= 15 is 0 Å². The highest BCUT2D eigenvalue weighted by Crippen LogP contribution is 2.39.